The van der Waals surface area contributed by atoms with Crippen LogP contribution in [0.15, 0.2) is 24.3 Å². The van der Waals surface area contributed by atoms with Gasteiger partial charge in [-0.15, -0.1) is 0 Å². The van der Waals surface area contributed by atoms with Crippen LogP contribution in [0.2, 0.25) is 0 Å². The van der Waals surface area contributed by atoms with E-state index in [0.717, 1.165) is 34.3 Å². The van der Waals surface area contributed by atoms with E-state index in [2.05, 4.69) is 10.3 Å². The van der Waals surface area contributed by atoms with Crippen LogP contribution in [0.25, 0.3) is 0 Å². The fourth-order valence-electron chi connectivity index (χ4n) is 1.96. The Morgan fingerprint density at radius 3 is 2.63 bits per heavy atom. The molecular formula is C14H15N3O2. The van der Waals surface area contributed by atoms with Gasteiger partial charge in [-0.05, 0) is 37.6 Å². The highest BCUT2D eigenvalue weighted by Gasteiger charge is 2.15. The summed E-state index contributed by atoms with van der Waals surface area (Å²) in [5, 5.41) is 3.27. The number of hydrogen-bond donors (Lipinski definition) is 2. The van der Waals surface area contributed by atoms with Crippen LogP contribution in [0.5, 0.6) is 11.5 Å². The van der Waals surface area contributed by atoms with E-state index >= 15 is 0 Å². The second-order valence-electron chi connectivity index (χ2n) is 4.52. The lowest BCUT2D eigenvalue weighted by Crippen LogP contribution is -1.99. The molecule has 0 fully saturated rings. The third kappa shape index (κ3) is 2.14. The van der Waals surface area contributed by atoms with Gasteiger partial charge in [0.2, 0.25) is 6.79 Å². The molecule has 0 amide bonds. The van der Waals surface area contributed by atoms with Crippen molar-refractivity contribution in [3.63, 3.8) is 0 Å². The van der Waals surface area contributed by atoms with E-state index < -0.39 is 0 Å². The van der Waals surface area contributed by atoms with E-state index in [1.54, 1.807) is 0 Å². The minimum Gasteiger partial charge on any atom is -0.454 e. The van der Waals surface area contributed by atoms with Crippen LogP contribution < -0.4 is 20.5 Å². The molecule has 1 aromatic heterocycles. The normalized spacial score (nSPS) is 12.5. The van der Waals surface area contributed by atoms with Crippen LogP contribution in [-0.2, 0) is 0 Å². The topological polar surface area (TPSA) is 69.4 Å². The monoisotopic (exact) mass is 257 g/mol. The average Bonchev–Trinajstić information content (AvgIpc) is 2.81. The molecule has 0 bridgehead atoms. The molecule has 0 atom stereocenters. The van der Waals surface area contributed by atoms with Gasteiger partial charge < -0.3 is 20.5 Å². The van der Waals surface area contributed by atoms with Crippen molar-refractivity contribution in [2.75, 3.05) is 17.8 Å². The molecule has 1 aliphatic heterocycles. The molecule has 0 saturated heterocycles. The van der Waals surface area contributed by atoms with Crippen molar-refractivity contribution in [1.82, 2.24) is 4.98 Å². The van der Waals surface area contributed by atoms with Gasteiger partial charge in [-0.25, -0.2) is 4.98 Å². The molecule has 0 aliphatic carbocycles. The predicted molar refractivity (Wildman–Crippen MR) is 74.0 cm³/mol. The predicted octanol–water partition coefficient (Wildman–Crippen LogP) is 2.75. The summed E-state index contributed by atoms with van der Waals surface area (Å²) in [6.07, 6.45) is 0. The Bertz CT molecular complexity index is 641. The van der Waals surface area contributed by atoms with Gasteiger partial charge in [0.1, 0.15) is 5.82 Å². The molecule has 1 aliphatic rings. The van der Waals surface area contributed by atoms with E-state index in [0.29, 0.717) is 5.69 Å². The molecule has 3 N–H and O–H groups in total. The molecule has 0 radical (unpaired) electrons. The maximum Gasteiger partial charge on any atom is 0.231 e. The zero-order valence-corrected chi connectivity index (χ0v) is 10.9. The highest BCUT2D eigenvalue weighted by Crippen LogP contribution is 2.37. The molecule has 3 rings (SSSR count). The van der Waals surface area contributed by atoms with Crippen molar-refractivity contribution in [2.24, 2.45) is 0 Å². The van der Waals surface area contributed by atoms with Crippen LogP contribution in [0.4, 0.5) is 17.2 Å². The van der Waals surface area contributed by atoms with Gasteiger partial charge in [-0.3, -0.25) is 0 Å². The second-order valence-corrected chi connectivity index (χ2v) is 4.52. The van der Waals surface area contributed by atoms with Gasteiger partial charge in [0.15, 0.2) is 11.5 Å². The zero-order chi connectivity index (χ0) is 13.4. The van der Waals surface area contributed by atoms with Gasteiger partial charge in [-0.2, -0.15) is 0 Å². The van der Waals surface area contributed by atoms with Crippen LogP contribution >= 0.6 is 0 Å². The van der Waals surface area contributed by atoms with E-state index in [4.69, 9.17) is 15.2 Å². The molecule has 2 heterocycles. The summed E-state index contributed by atoms with van der Waals surface area (Å²) in [6.45, 7) is 4.17. The van der Waals surface area contributed by atoms with Gasteiger partial charge in [0.25, 0.3) is 0 Å². The molecule has 0 saturated carbocycles. The van der Waals surface area contributed by atoms with Crippen molar-refractivity contribution >= 4 is 17.2 Å². The molecule has 19 heavy (non-hydrogen) atoms. The first-order valence-electron chi connectivity index (χ1n) is 6.04. The summed E-state index contributed by atoms with van der Waals surface area (Å²) in [6, 6.07) is 7.57. The van der Waals surface area contributed by atoms with Crippen LogP contribution in [0.1, 0.15) is 11.3 Å². The van der Waals surface area contributed by atoms with Gasteiger partial charge >= 0.3 is 0 Å². The third-order valence-electron chi connectivity index (χ3n) is 3.11. The van der Waals surface area contributed by atoms with Crippen LogP contribution in [0.3, 0.4) is 0 Å². The fraction of sp³-hybridized carbons (Fsp3) is 0.214. The number of anilines is 3. The lowest BCUT2D eigenvalue weighted by atomic mass is 10.1. The Morgan fingerprint density at radius 2 is 1.89 bits per heavy atom. The maximum atomic E-state index is 5.76. The van der Waals surface area contributed by atoms with Crippen LogP contribution in [0, 0.1) is 13.8 Å². The number of pyridine rings is 1. The van der Waals surface area contributed by atoms with Crippen molar-refractivity contribution in [1.29, 1.82) is 0 Å². The fourth-order valence-corrected chi connectivity index (χ4v) is 1.96. The number of aromatic nitrogens is 1. The van der Waals surface area contributed by atoms with Crippen LogP contribution in [-0.4, -0.2) is 11.8 Å². The quantitative estimate of drug-likeness (QED) is 0.865. The summed E-state index contributed by atoms with van der Waals surface area (Å²) in [4.78, 5) is 4.39. The Balaban J connectivity index is 1.92. The first kappa shape index (κ1) is 11.6. The summed E-state index contributed by atoms with van der Waals surface area (Å²) in [5.41, 5.74) is 9.27. The molecule has 5 nitrogen and oxygen atoms in total. The highest BCUT2D eigenvalue weighted by molar-refractivity contribution is 5.67. The molecule has 0 unspecified atom stereocenters. The number of aryl methyl sites for hydroxylation is 2. The van der Waals surface area contributed by atoms with Crippen molar-refractivity contribution in [3.05, 3.63) is 35.5 Å². The number of hydrogen-bond acceptors (Lipinski definition) is 5. The van der Waals surface area contributed by atoms with E-state index in [1.807, 2.05) is 38.1 Å². The largest absolute Gasteiger partial charge is 0.454 e. The lowest BCUT2D eigenvalue weighted by molar-refractivity contribution is 0.174. The highest BCUT2D eigenvalue weighted by atomic mass is 16.7. The first-order valence-corrected chi connectivity index (χ1v) is 6.04. The minimum absolute atomic E-state index is 0.275. The molecule has 1 aromatic carbocycles. The minimum atomic E-state index is 0.275. The lowest BCUT2D eigenvalue weighted by Gasteiger charge is -2.11. The summed E-state index contributed by atoms with van der Waals surface area (Å²) >= 11 is 0. The van der Waals surface area contributed by atoms with E-state index in [-0.39, 0.29) is 6.79 Å². The van der Waals surface area contributed by atoms with E-state index in [9.17, 15) is 0 Å². The Morgan fingerprint density at radius 1 is 1.16 bits per heavy atom. The van der Waals surface area contributed by atoms with Gasteiger partial charge in [0, 0.05) is 11.8 Å². The van der Waals surface area contributed by atoms with E-state index in [1.165, 1.54) is 0 Å². The number of nitrogens with two attached hydrogens (primary N) is 1. The van der Waals surface area contributed by atoms with Gasteiger partial charge in [0.05, 0.1) is 11.4 Å². The summed E-state index contributed by atoms with van der Waals surface area (Å²) < 4.78 is 10.7. The number of nitrogens with one attached hydrogen (secondary N) is 1. The SMILES string of the molecule is Cc1cc2c(cc1Nc1ccc(N)c(C)n1)OCO2. The smallest absolute Gasteiger partial charge is 0.231 e. The first-order chi connectivity index (χ1) is 9.13. The maximum absolute atomic E-state index is 5.76. The summed E-state index contributed by atoms with van der Waals surface area (Å²) in [7, 11) is 0. The number of benzene rings is 1. The molecule has 98 valence electrons. The number of nitrogen functional groups attached to an aromatic ring is 1. The third-order valence-corrected chi connectivity index (χ3v) is 3.11. The average molecular weight is 257 g/mol. The number of nitrogens with zero attached hydrogens (tertiary/aromatic N) is 1. The Labute approximate surface area is 111 Å². The van der Waals surface area contributed by atoms with Crippen molar-refractivity contribution in [2.45, 2.75) is 13.8 Å². The zero-order valence-electron chi connectivity index (χ0n) is 10.9. The molecule has 2 aromatic rings. The molecule has 0 spiro atoms. The molecular weight excluding hydrogens is 242 g/mol. The van der Waals surface area contributed by atoms with Gasteiger partial charge in [-0.1, -0.05) is 0 Å². The number of fused-ring (bicyclic) bond motifs is 1. The molecule has 5 heteroatoms. The standard InChI is InChI=1S/C14H15N3O2/c1-8-5-12-13(19-7-18-12)6-11(8)17-14-4-3-10(15)9(2)16-14/h3-6H,7,15H2,1-2H3,(H,16,17). The Hall–Kier alpha value is -2.43. The van der Waals surface area contributed by atoms with Crippen molar-refractivity contribution in [3.8, 4) is 11.5 Å². The number of rotatable bonds is 2. The summed E-state index contributed by atoms with van der Waals surface area (Å²) in [5.74, 6) is 2.29. The second kappa shape index (κ2) is 4.35. The number of ether oxygens (including phenoxy) is 2. The van der Waals surface area contributed by atoms with Crippen molar-refractivity contribution < 1.29 is 9.47 Å². The Kier molecular flexibility index (Phi) is 2.67.